The van der Waals surface area contributed by atoms with E-state index in [-0.39, 0.29) is 36.1 Å². The minimum Gasteiger partial charge on any atom is -0.467 e. The van der Waals surface area contributed by atoms with Gasteiger partial charge in [-0.3, -0.25) is 13.8 Å². The zero-order chi connectivity index (χ0) is 26.7. The standard InChI is InChI=1S/C25H35BrN2O7S/c1-25(2,3)20(15-22(29)27-12-6-5-7-13-27)23(30)28-16-18(14-21(28)24(31)34-4)35-36(32,33)19-10-8-17(26)9-11-19/h8-11,18,20-21H,5-7,12-16H2,1-4H3/t18-,20+,21-/m0/s1. The molecule has 3 rings (SSSR count). The Kier molecular flexibility index (Phi) is 9.21. The number of likely N-dealkylation sites (tertiary alicyclic amines) is 2. The first-order valence-corrected chi connectivity index (χ1v) is 14.4. The summed E-state index contributed by atoms with van der Waals surface area (Å²) in [6.45, 7) is 6.92. The average molecular weight is 588 g/mol. The van der Waals surface area contributed by atoms with E-state index in [1.165, 1.54) is 24.1 Å². The van der Waals surface area contributed by atoms with Crippen LogP contribution >= 0.6 is 15.9 Å². The Morgan fingerprint density at radius 3 is 2.25 bits per heavy atom. The summed E-state index contributed by atoms with van der Waals surface area (Å²) < 4.78 is 36.7. The van der Waals surface area contributed by atoms with Gasteiger partial charge in [-0.05, 0) is 48.9 Å². The van der Waals surface area contributed by atoms with Gasteiger partial charge in [0.15, 0.2) is 0 Å². The molecule has 2 aliphatic heterocycles. The van der Waals surface area contributed by atoms with E-state index in [9.17, 15) is 22.8 Å². The molecule has 11 heteroatoms. The molecule has 200 valence electrons. The molecule has 2 amide bonds. The highest BCUT2D eigenvalue weighted by atomic mass is 79.9. The maximum absolute atomic E-state index is 13.8. The molecule has 36 heavy (non-hydrogen) atoms. The lowest BCUT2D eigenvalue weighted by atomic mass is 9.77. The molecule has 0 radical (unpaired) electrons. The Hall–Kier alpha value is -1.98. The third-order valence-electron chi connectivity index (χ3n) is 6.82. The Morgan fingerprint density at radius 2 is 1.69 bits per heavy atom. The van der Waals surface area contributed by atoms with Crippen LogP contribution in [0.2, 0.25) is 0 Å². The van der Waals surface area contributed by atoms with Crippen LogP contribution in [-0.4, -0.2) is 74.9 Å². The third kappa shape index (κ3) is 6.86. The van der Waals surface area contributed by atoms with Crippen molar-refractivity contribution in [2.45, 2.75) is 69.9 Å². The van der Waals surface area contributed by atoms with E-state index in [4.69, 9.17) is 8.92 Å². The SMILES string of the molecule is COC(=O)[C@@H]1C[C@H](OS(=O)(=O)c2ccc(Br)cc2)CN1C(=O)[C@@H](CC(=O)N1CCCCC1)C(C)(C)C. The van der Waals surface area contributed by atoms with Gasteiger partial charge in [-0.2, -0.15) is 8.42 Å². The van der Waals surface area contributed by atoms with Gasteiger partial charge < -0.3 is 14.5 Å². The number of benzene rings is 1. The molecular formula is C25H35BrN2O7S. The van der Waals surface area contributed by atoms with E-state index >= 15 is 0 Å². The molecule has 0 saturated carbocycles. The number of ether oxygens (including phenoxy) is 1. The number of carbonyl (C=O) groups excluding carboxylic acids is 3. The lowest BCUT2D eigenvalue weighted by Gasteiger charge is -2.36. The highest BCUT2D eigenvalue weighted by molar-refractivity contribution is 9.10. The summed E-state index contributed by atoms with van der Waals surface area (Å²) >= 11 is 3.27. The molecule has 0 unspecified atom stereocenters. The van der Waals surface area contributed by atoms with Gasteiger partial charge in [-0.1, -0.05) is 36.7 Å². The summed E-state index contributed by atoms with van der Waals surface area (Å²) in [6, 6.07) is 5.01. The van der Waals surface area contributed by atoms with E-state index < -0.39 is 39.6 Å². The van der Waals surface area contributed by atoms with Crippen molar-refractivity contribution in [1.82, 2.24) is 9.80 Å². The van der Waals surface area contributed by atoms with Gasteiger partial charge in [-0.15, -0.1) is 0 Å². The fourth-order valence-electron chi connectivity index (χ4n) is 4.72. The van der Waals surface area contributed by atoms with Gasteiger partial charge >= 0.3 is 5.97 Å². The molecule has 0 spiro atoms. The van der Waals surface area contributed by atoms with Crippen LogP contribution in [0.15, 0.2) is 33.6 Å². The summed E-state index contributed by atoms with van der Waals surface area (Å²) in [5.41, 5.74) is -0.564. The minimum atomic E-state index is -4.12. The van der Waals surface area contributed by atoms with E-state index in [2.05, 4.69) is 15.9 Å². The molecule has 2 saturated heterocycles. The fraction of sp³-hybridized carbons (Fsp3) is 0.640. The van der Waals surface area contributed by atoms with Crippen LogP contribution in [0.1, 0.15) is 52.9 Å². The molecule has 0 aliphatic carbocycles. The van der Waals surface area contributed by atoms with E-state index in [1.807, 2.05) is 20.8 Å². The van der Waals surface area contributed by atoms with Crippen LogP contribution in [-0.2, 0) is 33.4 Å². The number of rotatable bonds is 7. The second-order valence-electron chi connectivity index (χ2n) is 10.5. The first kappa shape index (κ1) is 28.6. The number of hydrogen-bond acceptors (Lipinski definition) is 7. The van der Waals surface area contributed by atoms with Gasteiger partial charge in [0.25, 0.3) is 10.1 Å². The van der Waals surface area contributed by atoms with E-state index in [1.54, 1.807) is 17.0 Å². The second-order valence-corrected chi connectivity index (χ2v) is 12.9. The fourth-order valence-corrected chi connectivity index (χ4v) is 6.06. The first-order valence-electron chi connectivity index (χ1n) is 12.2. The van der Waals surface area contributed by atoms with Gasteiger partial charge in [0, 0.05) is 36.9 Å². The first-order chi connectivity index (χ1) is 16.8. The zero-order valence-electron chi connectivity index (χ0n) is 21.2. The molecular weight excluding hydrogens is 552 g/mol. The summed E-state index contributed by atoms with van der Waals surface area (Å²) in [7, 11) is -2.90. The van der Waals surface area contributed by atoms with E-state index in [0.29, 0.717) is 13.1 Å². The van der Waals surface area contributed by atoms with Gasteiger partial charge in [-0.25, -0.2) is 4.79 Å². The summed E-state index contributed by atoms with van der Waals surface area (Å²) in [4.78, 5) is 42.5. The Bertz CT molecular complexity index is 1060. The highest BCUT2D eigenvalue weighted by Crippen LogP contribution is 2.35. The van der Waals surface area contributed by atoms with Crippen molar-refractivity contribution in [3.05, 3.63) is 28.7 Å². The maximum atomic E-state index is 13.8. The number of carbonyl (C=O) groups is 3. The summed E-state index contributed by atoms with van der Waals surface area (Å²) in [5.74, 6) is -1.80. The van der Waals surface area contributed by atoms with Gasteiger partial charge in [0.05, 0.1) is 24.0 Å². The maximum Gasteiger partial charge on any atom is 0.328 e. The average Bonchev–Trinajstić information content (AvgIpc) is 3.24. The molecule has 1 aromatic rings. The largest absolute Gasteiger partial charge is 0.467 e. The Balaban J connectivity index is 1.80. The van der Waals surface area contributed by atoms with E-state index in [0.717, 1.165) is 23.7 Å². The van der Waals surface area contributed by atoms with Crippen LogP contribution in [0, 0.1) is 11.3 Å². The minimum absolute atomic E-state index is 0.0227. The normalized spacial score (nSPS) is 21.8. The van der Waals surface area contributed by atoms with Crippen molar-refractivity contribution in [3.63, 3.8) is 0 Å². The van der Waals surface area contributed by atoms with Crippen molar-refractivity contribution in [2.75, 3.05) is 26.7 Å². The topological polar surface area (TPSA) is 110 Å². The molecule has 1 aromatic carbocycles. The molecule has 0 bridgehead atoms. The molecule has 2 fully saturated rings. The number of methoxy groups -OCH3 is 1. The molecule has 0 aromatic heterocycles. The van der Waals surface area contributed by atoms with Crippen molar-refractivity contribution in [2.24, 2.45) is 11.3 Å². The van der Waals surface area contributed by atoms with Crippen molar-refractivity contribution in [1.29, 1.82) is 0 Å². The lowest BCUT2D eigenvalue weighted by molar-refractivity contribution is -0.155. The smallest absolute Gasteiger partial charge is 0.328 e. The number of piperidine rings is 1. The predicted octanol–water partition coefficient (Wildman–Crippen LogP) is 3.36. The molecule has 2 aliphatic rings. The lowest BCUT2D eigenvalue weighted by Crippen LogP contribution is -2.49. The number of halogens is 1. The Labute approximate surface area is 221 Å². The van der Waals surface area contributed by atoms with Crippen molar-refractivity contribution < 1.29 is 31.7 Å². The number of nitrogens with zero attached hydrogens (tertiary/aromatic N) is 2. The molecule has 3 atom stereocenters. The van der Waals surface area contributed by atoms with Crippen LogP contribution in [0.3, 0.4) is 0 Å². The number of amides is 2. The number of hydrogen-bond donors (Lipinski definition) is 0. The zero-order valence-corrected chi connectivity index (χ0v) is 23.6. The van der Waals surface area contributed by atoms with Gasteiger partial charge in [0.1, 0.15) is 6.04 Å². The number of esters is 1. The molecule has 2 heterocycles. The Morgan fingerprint density at radius 1 is 1.08 bits per heavy atom. The molecule has 0 N–H and O–H groups in total. The quantitative estimate of drug-likeness (QED) is 0.356. The predicted molar refractivity (Wildman–Crippen MR) is 136 cm³/mol. The van der Waals surface area contributed by atoms with Crippen molar-refractivity contribution in [3.8, 4) is 0 Å². The highest BCUT2D eigenvalue weighted by Gasteiger charge is 2.47. The van der Waals surface area contributed by atoms with Crippen LogP contribution in [0.4, 0.5) is 0 Å². The van der Waals surface area contributed by atoms with Gasteiger partial charge in [0.2, 0.25) is 11.8 Å². The van der Waals surface area contributed by atoms with Crippen LogP contribution in [0.5, 0.6) is 0 Å². The molecule has 9 nitrogen and oxygen atoms in total. The third-order valence-corrected chi connectivity index (χ3v) is 8.72. The van der Waals surface area contributed by atoms with Crippen LogP contribution < -0.4 is 0 Å². The van der Waals surface area contributed by atoms with Crippen molar-refractivity contribution >= 4 is 43.8 Å². The summed E-state index contributed by atoms with van der Waals surface area (Å²) in [6.07, 6.45) is 2.06. The van der Waals surface area contributed by atoms with Crippen LogP contribution in [0.25, 0.3) is 0 Å². The monoisotopic (exact) mass is 586 g/mol. The summed E-state index contributed by atoms with van der Waals surface area (Å²) in [5, 5.41) is 0. The second kappa shape index (κ2) is 11.6.